The van der Waals surface area contributed by atoms with E-state index in [1.165, 1.54) is 57.8 Å². The Hall–Kier alpha value is -0.260. The van der Waals surface area contributed by atoms with Gasteiger partial charge in [-0.1, -0.05) is 32.4 Å². The van der Waals surface area contributed by atoms with Gasteiger partial charge in [-0.3, -0.25) is 0 Å². The number of hydrogen-bond donors (Lipinski definition) is 0. The van der Waals surface area contributed by atoms with Crippen LogP contribution in [0.4, 0.5) is 0 Å². The van der Waals surface area contributed by atoms with E-state index in [0.29, 0.717) is 10.8 Å². The molecule has 0 bridgehead atoms. The molecule has 3 saturated carbocycles. The molecule has 4 aliphatic carbocycles. The fourth-order valence-electron chi connectivity index (χ4n) is 7.02. The zero-order chi connectivity index (χ0) is 14.0. The molecule has 0 saturated heterocycles. The maximum absolute atomic E-state index is 2.64. The summed E-state index contributed by atoms with van der Waals surface area (Å²) in [7, 11) is 0. The third-order valence-corrected chi connectivity index (χ3v) is 8.50. The largest absolute Gasteiger partial charge is 0.0848 e. The van der Waals surface area contributed by atoms with Crippen LogP contribution in [0.5, 0.6) is 0 Å². The number of rotatable bonds is 0. The predicted octanol–water partition coefficient (Wildman–Crippen LogP) is 5.98. The second kappa shape index (κ2) is 4.37. The van der Waals surface area contributed by atoms with Crippen molar-refractivity contribution in [2.24, 2.45) is 34.5 Å². The van der Waals surface area contributed by atoms with Gasteiger partial charge in [0.1, 0.15) is 0 Å². The molecule has 1 unspecified atom stereocenters. The molecule has 6 atom stereocenters. The van der Waals surface area contributed by atoms with Gasteiger partial charge in [0.25, 0.3) is 0 Å². The maximum Gasteiger partial charge on any atom is -0.00853 e. The van der Waals surface area contributed by atoms with Crippen molar-refractivity contribution >= 4 is 0 Å². The van der Waals surface area contributed by atoms with E-state index in [9.17, 15) is 0 Å². The summed E-state index contributed by atoms with van der Waals surface area (Å²) in [5.74, 6) is 4.10. The standard InChI is InChI=1S/C20H32/c1-14-7-10-17-16-9-8-15-6-4-5-12-20(15,3)18(16)11-13-19(14,17)2/h6,14,16-18H,4-5,7-13H2,1-3H3/t14?,16-,17-,18+,19+,20-/m0/s1. The lowest BCUT2D eigenvalue weighted by Crippen LogP contribution is -2.49. The van der Waals surface area contributed by atoms with E-state index in [4.69, 9.17) is 0 Å². The van der Waals surface area contributed by atoms with Crippen molar-refractivity contribution in [3.05, 3.63) is 11.6 Å². The van der Waals surface area contributed by atoms with E-state index in [1.807, 2.05) is 5.57 Å². The van der Waals surface area contributed by atoms with Crippen LogP contribution in [0.15, 0.2) is 11.6 Å². The van der Waals surface area contributed by atoms with Crippen LogP contribution in [0.1, 0.15) is 78.6 Å². The Morgan fingerprint density at radius 1 is 1.00 bits per heavy atom. The van der Waals surface area contributed by atoms with E-state index in [2.05, 4.69) is 26.8 Å². The quantitative estimate of drug-likeness (QED) is 0.476. The van der Waals surface area contributed by atoms with Crippen molar-refractivity contribution in [3.63, 3.8) is 0 Å². The summed E-state index contributed by atoms with van der Waals surface area (Å²) in [5.41, 5.74) is 3.14. The molecule has 0 heteroatoms. The lowest BCUT2D eigenvalue weighted by molar-refractivity contribution is -0.0486. The molecule has 4 aliphatic rings. The zero-order valence-corrected chi connectivity index (χ0v) is 13.8. The van der Waals surface area contributed by atoms with Gasteiger partial charge >= 0.3 is 0 Å². The van der Waals surface area contributed by atoms with E-state index >= 15 is 0 Å². The highest BCUT2D eigenvalue weighted by molar-refractivity contribution is 5.23. The SMILES string of the molecule is CC1CC[C@H]2[C@@H]3CCC4=CCCC[C@]4(C)[C@@H]3CC[C@]12C. The van der Waals surface area contributed by atoms with E-state index in [-0.39, 0.29) is 0 Å². The number of fused-ring (bicyclic) bond motifs is 5. The Morgan fingerprint density at radius 3 is 2.70 bits per heavy atom. The summed E-state index contributed by atoms with van der Waals surface area (Å²) in [6, 6.07) is 0. The van der Waals surface area contributed by atoms with Crippen molar-refractivity contribution in [1.82, 2.24) is 0 Å². The molecule has 0 radical (unpaired) electrons. The predicted molar refractivity (Wildman–Crippen MR) is 85.5 cm³/mol. The highest BCUT2D eigenvalue weighted by atomic mass is 14.6. The molecule has 0 nitrogen and oxygen atoms in total. The summed E-state index contributed by atoms with van der Waals surface area (Å²) < 4.78 is 0. The summed E-state index contributed by atoms with van der Waals surface area (Å²) >= 11 is 0. The van der Waals surface area contributed by atoms with Crippen molar-refractivity contribution in [2.45, 2.75) is 78.6 Å². The van der Waals surface area contributed by atoms with Gasteiger partial charge in [0.05, 0.1) is 0 Å². The van der Waals surface area contributed by atoms with Crippen molar-refractivity contribution < 1.29 is 0 Å². The van der Waals surface area contributed by atoms with Crippen LogP contribution in [0.25, 0.3) is 0 Å². The highest BCUT2D eigenvalue weighted by Gasteiger charge is 2.57. The van der Waals surface area contributed by atoms with Crippen LogP contribution >= 0.6 is 0 Å². The molecular formula is C20H32. The Bertz CT molecular complexity index is 433. The van der Waals surface area contributed by atoms with Gasteiger partial charge in [-0.15, -0.1) is 0 Å². The highest BCUT2D eigenvalue weighted by Crippen LogP contribution is 2.66. The van der Waals surface area contributed by atoms with Crippen LogP contribution in [0, 0.1) is 34.5 Å². The average molecular weight is 272 g/mol. The van der Waals surface area contributed by atoms with E-state index < -0.39 is 0 Å². The Kier molecular flexibility index (Phi) is 2.93. The fraction of sp³-hybridized carbons (Fsp3) is 0.900. The van der Waals surface area contributed by atoms with Crippen molar-refractivity contribution in [2.75, 3.05) is 0 Å². The summed E-state index contributed by atoms with van der Waals surface area (Å²) in [4.78, 5) is 0. The molecule has 0 spiro atoms. The Balaban J connectivity index is 1.68. The zero-order valence-electron chi connectivity index (χ0n) is 13.8. The molecule has 4 rings (SSSR count). The lowest BCUT2D eigenvalue weighted by atomic mass is 9.47. The summed E-state index contributed by atoms with van der Waals surface area (Å²) in [6.45, 7) is 7.81. The molecule has 3 fully saturated rings. The van der Waals surface area contributed by atoms with Crippen LogP contribution in [0.3, 0.4) is 0 Å². The van der Waals surface area contributed by atoms with Crippen LogP contribution < -0.4 is 0 Å². The van der Waals surface area contributed by atoms with E-state index in [1.54, 1.807) is 0 Å². The van der Waals surface area contributed by atoms with Crippen LogP contribution in [-0.4, -0.2) is 0 Å². The smallest absolute Gasteiger partial charge is 0.00853 e. The minimum atomic E-state index is 0.592. The Morgan fingerprint density at radius 2 is 1.85 bits per heavy atom. The minimum Gasteiger partial charge on any atom is -0.0848 e. The lowest BCUT2D eigenvalue weighted by Gasteiger charge is -2.58. The van der Waals surface area contributed by atoms with Gasteiger partial charge in [0.2, 0.25) is 0 Å². The van der Waals surface area contributed by atoms with Crippen molar-refractivity contribution in [1.29, 1.82) is 0 Å². The molecule has 0 aliphatic heterocycles. The molecule has 20 heavy (non-hydrogen) atoms. The van der Waals surface area contributed by atoms with Crippen LogP contribution in [-0.2, 0) is 0 Å². The molecule has 0 N–H and O–H groups in total. The minimum absolute atomic E-state index is 0.592. The second-order valence-electron chi connectivity index (χ2n) is 8.98. The Labute approximate surface area is 125 Å². The fourth-order valence-corrected chi connectivity index (χ4v) is 7.02. The van der Waals surface area contributed by atoms with Gasteiger partial charge in [0.15, 0.2) is 0 Å². The topological polar surface area (TPSA) is 0 Å². The molecule has 0 amide bonds. The first-order chi connectivity index (χ1) is 9.56. The molecule has 0 aromatic rings. The maximum atomic E-state index is 2.64. The third kappa shape index (κ3) is 1.60. The number of hydrogen-bond acceptors (Lipinski definition) is 0. The molecule has 112 valence electrons. The first-order valence-electron chi connectivity index (χ1n) is 9.25. The van der Waals surface area contributed by atoms with Crippen LogP contribution in [0.2, 0.25) is 0 Å². The molecule has 0 heterocycles. The van der Waals surface area contributed by atoms with Gasteiger partial charge in [-0.2, -0.15) is 0 Å². The summed E-state index contributed by atoms with van der Waals surface area (Å²) in [5, 5.41) is 0. The van der Waals surface area contributed by atoms with Gasteiger partial charge in [-0.05, 0) is 92.3 Å². The first kappa shape index (κ1) is 13.4. The van der Waals surface area contributed by atoms with Gasteiger partial charge < -0.3 is 0 Å². The molecule has 0 aromatic carbocycles. The molecular weight excluding hydrogens is 240 g/mol. The normalized spacial score (nSPS) is 54.6. The number of allylic oxidation sites excluding steroid dienone is 2. The van der Waals surface area contributed by atoms with Gasteiger partial charge in [-0.25, -0.2) is 0 Å². The monoisotopic (exact) mass is 272 g/mol. The average Bonchev–Trinajstić information content (AvgIpc) is 2.74. The first-order valence-corrected chi connectivity index (χ1v) is 9.25. The summed E-state index contributed by atoms with van der Waals surface area (Å²) in [6.07, 6.45) is 15.9. The molecule has 0 aromatic heterocycles. The van der Waals surface area contributed by atoms with Crippen molar-refractivity contribution in [3.8, 4) is 0 Å². The third-order valence-electron chi connectivity index (χ3n) is 8.50. The van der Waals surface area contributed by atoms with Gasteiger partial charge in [0, 0.05) is 0 Å². The van der Waals surface area contributed by atoms with E-state index in [0.717, 1.165) is 23.7 Å². The second-order valence-corrected chi connectivity index (χ2v) is 8.98.